The molecule has 0 bridgehead atoms. The van der Waals surface area contributed by atoms with E-state index in [9.17, 15) is 4.79 Å². The zero-order chi connectivity index (χ0) is 13.2. The molecule has 3 heteroatoms. The van der Waals surface area contributed by atoms with Crippen molar-refractivity contribution in [2.45, 2.75) is 38.4 Å². The van der Waals surface area contributed by atoms with Crippen LogP contribution in [0.2, 0.25) is 0 Å². The maximum absolute atomic E-state index is 12.2. The Kier molecular flexibility index (Phi) is 3.38. The minimum absolute atomic E-state index is 0.0268. The van der Waals surface area contributed by atoms with Gasteiger partial charge in [-0.15, -0.1) is 0 Å². The molecule has 3 nitrogen and oxygen atoms in total. The topological polar surface area (TPSA) is 35.5 Å². The second-order valence-electron chi connectivity index (χ2n) is 4.98. The van der Waals surface area contributed by atoms with Crippen molar-refractivity contribution in [2.24, 2.45) is 0 Å². The molecule has 0 unspecified atom stereocenters. The van der Waals surface area contributed by atoms with E-state index in [-0.39, 0.29) is 18.2 Å². The minimum Gasteiger partial charge on any atom is -0.451 e. The van der Waals surface area contributed by atoms with Crippen molar-refractivity contribution in [3.8, 4) is 0 Å². The van der Waals surface area contributed by atoms with Gasteiger partial charge < -0.3 is 9.47 Å². The Balaban J connectivity index is 1.98. The summed E-state index contributed by atoms with van der Waals surface area (Å²) in [6.45, 7) is 2.64. The van der Waals surface area contributed by atoms with E-state index in [2.05, 4.69) is 0 Å². The third kappa shape index (κ3) is 2.19. The van der Waals surface area contributed by atoms with Gasteiger partial charge in [-0.3, -0.25) is 0 Å². The van der Waals surface area contributed by atoms with Crippen LogP contribution < -0.4 is 0 Å². The number of carbonyl (C=O) groups is 1. The van der Waals surface area contributed by atoms with E-state index in [0.29, 0.717) is 6.61 Å². The molecule has 3 rings (SSSR count). The summed E-state index contributed by atoms with van der Waals surface area (Å²) < 4.78 is 11.3. The first kappa shape index (κ1) is 12.4. The molecule has 1 saturated carbocycles. The summed E-state index contributed by atoms with van der Waals surface area (Å²) in [5.74, 6) is -0.196. The average Bonchev–Trinajstić information content (AvgIpc) is 2.77. The van der Waals surface area contributed by atoms with Gasteiger partial charge in [-0.2, -0.15) is 0 Å². The normalized spacial score (nSPS) is 26.3. The van der Waals surface area contributed by atoms with Crippen molar-refractivity contribution in [3.05, 3.63) is 41.5 Å². The highest BCUT2D eigenvalue weighted by Gasteiger charge is 2.41. The van der Waals surface area contributed by atoms with Crippen LogP contribution in [-0.4, -0.2) is 24.8 Å². The van der Waals surface area contributed by atoms with Gasteiger partial charge in [-0.05, 0) is 37.3 Å². The monoisotopic (exact) mass is 258 g/mol. The van der Waals surface area contributed by atoms with Gasteiger partial charge in [-0.1, -0.05) is 30.3 Å². The molecular formula is C16H18O3. The van der Waals surface area contributed by atoms with Crippen LogP contribution in [0.25, 0.3) is 5.57 Å². The third-order valence-corrected chi connectivity index (χ3v) is 3.82. The summed E-state index contributed by atoms with van der Waals surface area (Å²) in [4.78, 5) is 12.2. The molecule has 100 valence electrons. The Labute approximate surface area is 113 Å². The van der Waals surface area contributed by atoms with Crippen LogP contribution in [0.15, 0.2) is 35.9 Å². The number of esters is 1. The fraction of sp³-hybridized carbons (Fsp3) is 0.438. The molecule has 1 aliphatic carbocycles. The van der Waals surface area contributed by atoms with Crippen molar-refractivity contribution >= 4 is 11.5 Å². The van der Waals surface area contributed by atoms with Gasteiger partial charge in [-0.25, -0.2) is 4.79 Å². The van der Waals surface area contributed by atoms with E-state index in [0.717, 1.165) is 36.0 Å². The fourth-order valence-electron chi connectivity index (χ4n) is 3.02. The van der Waals surface area contributed by atoms with Gasteiger partial charge in [0.2, 0.25) is 0 Å². The molecule has 1 heterocycles. The Morgan fingerprint density at radius 2 is 2.11 bits per heavy atom. The first-order valence-corrected chi connectivity index (χ1v) is 6.92. The molecule has 0 radical (unpaired) electrons. The molecule has 1 aromatic carbocycles. The summed E-state index contributed by atoms with van der Waals surface area (Å²) in [6, 6.07) is 9.79. The molecule has 0 N–H and O–H groups in total. The average molecular weight is 258 g/mol. The summed E-state index contributed by atoms with van der Waals surface area (Å²) in [5.41, 5.74) is 2.85. The maximum atomic E-state index is 12.2. The van der Waals surface area contributed by atoms with Crippen LogP contribution in [-0.2, 0) is 14.3 Å². The van der Waals surface area contributed by atoms with E-state index in [4.69, 9.17) is 9.47 Å². The lowest BCUT2D eigenvalue weighted by atomic mass is 9.86. The lowest BCUT2D eigenvalue weighted by molar-refractivity contribution is -0.145. The Morgan fingerprint density at radius 3 is 2.84 bits per heavy atom. The van der Waals surface area contributed by atoms with Crippen molar-refractivity contribution in [1.82, 2.24) is 0 Å². The number of ether oxygens (including phenoxy) is 2. The first-order valence-electron chi connectivity index (χ1n) is 6.92. The Morgan fingerprint density at radius 1 is 1.32 bits per heavy atom. The van der Waals surface area contributed by atoms with E-state index in [1.54, 1.807) is 0 Å². The van der Waals surface area contributed by atoms with E-state index in [1.807, 2.05) is 37.3 Å². The van der Waals surface area contributed by atoms with E-state index >= 15 is 0 Å². The van der Waals surface area contributed by atoms with Crippen molar-refractivity contribution in [2.75, 3.05) is 6.61 Å². The quantitative estimate of drug-likeness (QED) is 0.782. The highest BCUT2D eigenvalue weighted by molar-refractivity contribution is 6.19. The second-order valence-corrected chi connectivity index (χ2v) is 4.98. The molecule has 1 fully saturated rings. The van der Waals surface area contributed by atoms with Crippen LogP contribution >= 0.6 is 0 Å². The number of benzene rings is 1. The number of rotatable bonds is 3. The molecule has 0 aromatic heterocycles. The summed E-state index contributed by atoms with van der Waals surface area (Å²) in [5, 5.41) is 0. The van der Waals surface area contributed by atoms with Gasteiger partial charge in [0, 0.05) is 6.61 Å². The van der Waals surface area contributed by atoms with Gasteiger partial charge >= 0.3 is 5.97 Å². The smallest absolute Gasteiger partial charge is 0.339 e. The fourth-order valence-corrected chi connectivity index (χ4v) is 3.02. The van der Waals surface area contributed by atoms with Crippen LogP contribution in [0, 0.1) is 0 Å². The SMILES string of the molecule is CCO[C@@H]1CCCC2=C(c3ccccc3)C(=O)O[C@H]21. The molecule has 2 atom stereocenters. The Hall–Kier alpha value is -1.61. The largest absolute Gasteiger partial charge is 0.451 e. The number of hydrogen-bond donors (Lipinski definition) is 0. The first-order chi connectivity index (χ1) is 9.31. The second kappa shape index (κ2) is 5.17. The van der Waals surface area contributed by atoms with Crippen LogP contribution in [0.1, 0.15) is 31.7 Å². The highest BCUT2D eigenvalue weighted by atomic mass is 16.6. The lowest BCUT2D eigenvalue weighted by Crippen LogP contribution is -2.34. The number of hydrogen-bond acceptors (Lipinski definition) is 3. The number of carbonyl (C=O) groups excluding carboxylic acids is 1. The van der Waals surface area contributed by atoms with E-state index in [1.165, 1.54) is 0 Å². The molecule has 1 aliphatic heterocycles. The maximum Gasteiger partial charge on any atom is 0.339 e. The molecule has 19 heavy (non-hydrogen) atoms. The summed E-state index contributed by atoms with van der Waals surface area (Å²) in [7, 11) is 0. The van der Waals surface area contributed by atoms with Crippen LogP contribution in [0.5, 0.6) is 0 Å². The summed E-state index contributed by atoms with van der Waals surface area (Å²) >= 11 is 0. The van der Waals surface area contributed by atoms with Crippen LogP contribution in [0.3, 0.4) is 0 Å². The predicted molar refractivity (Wildman–Crippen MR) is 72.5 cm³/mol. The third-order valence-electron chi connectivity index (χ3n) is 3.82. The molecule has 0 spiro atoms. The van der Waals surface area contributed by atoms with Gasteiger partial charge in [0.25, 0.3) is 0 Å². The standard InChI is InChI=1S/C16H18O3/c1-2-18-13-10-6-9-12-14(16(17)19-15(12)13)11-7-4-3-5-8-11/h3-5,7-8,13,15H,2,6,9-10H2,1H3/t13-,15-/m1/s1. The zero-order valence-corrected chi connectivity index (χ0v) is 11.1. The van der Waals surface area contributed by atoms with Crippen LogP contribution in [0.4, 0.5) is 0 Å². The highest BCUT2D eigenvalue weighted by Crippen LogP contribution is 2.40. The summed E-state index contributed by atoms with van der Waals surface area (Å²) in [6.07, 6.45) is 2.82. The van der Waals surface area contributed by atoms with Gasteiger partial charge in [0.15, 0.2) is 6.10 Å². The lowest BCUT2D eigenvalue weighted by Gasteiger charge is -2.29. The molecule has 1 aromatic rings. The minimum atomic E-state index is -0.196. The Bertz CT molecular complexity index is 502. The molecule has 0 amide bonds. The predicted octanol–water partition coefficient (Wildman–Crippen LogP) is 2.95. The number of fused-ring (bicyclic) bond motifs is 1. The molecular weight excluding hydrogens is 240 g/mol. The van der Waals surface area contributed by atoms with E-state index < -0.39 is 0 Å². The van der Waals surface area contributed by atoms with Gasteiger partial charge in [0.1, 0.15) is 0 Å². The molecule has 2 aliphatic rings. The van der Waals surface area contributed by atoms with Crippen molar-refractivity contribution in [3.63, 3.8) is 0 Å². The van der Waals surface area contributed by atoms with Crippen molar-refractivity contribution in [1.29, 1.82) is 0 Å². The van der Waals surface area contributed by atoms with Crippen molar-refractivity contribution < 1.29 is 14.3 Å². The van der Waals surface area contributed by atoms with Gasteiger partial charge in [0.05, 0.1) is 11.7 Å². The molecule has 0 saturated heterocycles. The zero-order valence-electron chi connectivity index (χ0n) is 11.1.